The third kappa shape index (κ3) is 7.06. The number of carbonyl (C=O) groups excluding carboxylic acids is 2. The number of aromatic nitrogens is 1. The number of amides is 2. The quantitative estimate of drug-likeness (QED) is 0.846. The average Bonchev–Trinajstić information content (AvgIpc) is 2.43. The largest absolute Gasteiger partial charge is 0.444 e. The van der Waals surface area contributed by atoms with E-state index in [1.165, 1.54) is 0 Å². The maximum Gasteiger partial charge on any atom is 0.407 e. The van der Waals surface area contributed by atoms with Gasteiger partial charge in [-0.05, 0) is 39.3 Å². The number of ether oxygens (including phenoxy) is 1. The smallest absolute Gasteiger partial charge is 0.407 e. The molecule has 22 heavy (non-hydrogen) atoms. The van der Waals surface area contributed by atoms with Crippen LogP contribution in [0.2, 0.25) is 0 Å². The second-order valence-electron chi connectivity index (χ2n) is 5.96. The van der Waals surface area contributed by atoms with Crippen molar-refractivity contribution in [3.8, 4) is 0 Å². The molecule has 0 radical (unpaired) electrons. The highest BCUT2D eigenvalue weighted by Gasteiger charge is 2.17. The molecule has 2 N–H and O–H groups in total. The van der Waals surface area contributed by atoms with Crippen molar-refractivity contribution in [1.82, 2.24) is 15.6 Å². The molecule has 6 heteroatoms. The Balaban J connectivity index is 2.35. The second-order valence-corrected chi connectivity index (χ2v) is 5.96. The molecule has 122 valence electrons. The summed E-state index contributed by atoms with van der Waals surface area (Å²) in [4.78, 5) is 27.6. The van der Waals surface area contributed by atoms with Gasteiger partial charge in [-0.25, -0.2) is 4.79 Å². The summed E-state index contributed by atoms with van der Waals surface area (Å²) in [7, 11) is 0. The molecule has 0 bridgehead atoms. The SMILES string of the molecule is CC[C@H](NC(=O)CCNC(=O)OC(C)(C)C)c1ccccn1. The van der Waals surface area contributed by atoms with Crippen LogP contribution in [0.5, 0.6) is 0 Å². The Kier molecular flexibility index (Phi) is 6.82. The zero-order valence-electron chi connectivity index (χ0n) is 13.7. The van der Waals surface area contributed by atoms with Gasteiger partial charge < -0.3 is 15.4 Å². The van der Waals surface area contributed by atoms with Crippen LogP contribution in [-0.2, 0) is 9.53 Å². The predicted octanol–water partition coefficient (Wildman–Crippen LogP) is 2.56. The van der Waals surface area contributed by atoms with Gasteiger partial charge in [-0.2, -0.15) is 0 Å². The fourth-order valence-electron chi connectivity index (χ4n) is 1.83. The first-order chi connectivity index (χ1) is 10.3. The van der Waals surface area contributed by atoms with Crippen LogP contribution in [-0.4, -0.2) is 29.1 Å². The highest BCUT2D eigenvalue weighted by atomic mass is 16.6. The molecule has 1 rings (SSSR count). The van der Waals surface area contributed by atoms with E-state index in [1.807, 2.05) is 25.1 Å². The molecule has 1 atom stereocenters. The Morgan fingerprint density at radius 2 is 2.05 bits per heavy atom. The van der Waals surface area contributed by atoms with Gasteiger partial charge in [0.1, 0.15) is 5.60 Å². The van der Waals surface area contributed by atoms with Gasteiger partial charge in [0, 0.05) is 19.2 Å². The summed E-state index contributed by atoms with van der Waals surface area (Å²) in [5, 5.41) is 5.47. The van der Waals surface area contributed by atoms with Crippen LogP contribution in [0.15, 0.2) is 24.4 Å². The minimum absolute atomic E-state index is 0.116. The van der Waals surface area contributed by atoms with Crippen LogP contribution < -0.4 is 10.6 Å². The van der Waals surface area contributed by atoms with Gasteiger partial charge in [0.2, 0.25) is 5.91 Å². The zero-order chi connectivity index (χ0) is 16.6. The molecule has 0 aromatic carbocycles. The van der Waals surface area contributed by atoms with E-state index in [4.69, 9.17) is 4.74 Å². The normalized spacial score (nSPS) is 12.4. The van der Waals surface area contributed by atoms with E-state index in [2.05, 4.69) is 15.6 Å². The monoisotopic (exact) mass is 307 g/mol. The van der Waals surface area contributed by atoms with Gasteiger partial charge in [0.15, 0.2) is 0 Å². The zero-order valence-corrected chi connectivity index (χ0v) is 13.7. The Morgan fingerprint density at radius 3 is 2.59 bits per heavy atom. The summed E-state index contributed by atoms with van der Waals surface area (Å²) in [6, 6.07) is 5.49. The Hall–Kier alpha value is -2.11. The number of alkyl carbamates (subject to hydrolysis) is 1. The molecule has 2 amide bonds. The lowest BCUT2D eigenvalue weighted by Crippen LogP contribution is -2.36. The molecule has 0 fully saturated rings. The molecule has 1 aromatic heterocycles. The maximum absolute atomic E-state index is 11.9. The molecule has 0 aliphatic heterocycles. The average molecular weight is 307 g/mol. The summed E-state index contributed by atoms with van der Waals surface area (Å²) < 4.78 is 5.10. The molecule has 0 saturated heterocycles. The molecular weight excluding hydrogens is 282 g/mol. The predicted molar refractivity (Wildman–Crippen MR) is 84.3 cm³/mol. The Morgan fingerprint density at radius 1 is 1.32 bits per heavy atom. The number of rotatable bonds is 6. The van der Waals surface area contributed by atoms with Crippen LogP contribution in [0.25, 0.3) is 0 Å². The van der Waals surface area contributed by atoms with Crippen LogP contribution >= 0.6 is 0 Å². The van der Waals surface area contributed by atoms with Gasteiger partial charge >= 0.3 is 6.09 Å². The summed E-state index contributed by atoms with van der Waals surface area (Å²) >= 11 is 0. The van der Waals surface area contributed by atoms with Crippen molar-refractivity contribution in [3.05, 3.63) is 30.1 Å². The van der Waals surface area contributed by atoms with Gasteiger partial charge in [-0.3, -0.25) is 9.78 Å². The highest BCUT2D eigenvalue weighted by Crippen LogP contribution is 2.13. The van der Waals surface area contributed by atoms with Crippen molar-refractivity contribution in [2.45, 2.75) is 52.2 Å². The van der Waals surface area contributed by atoms with E-state index in [-0.39, 0.29) is 24.9 Å². The summed E-state index contributed by atoms with van der Waals surface area (Å²) in [5.74, 6) is -0.131. The fourth-order valence-corrected chi connectivity index (χ4v) is 1.83. The number of nitrogens with one attached hydrogen (secondary N) is 2. The summed E-state index contributed by atoms with van der Waals surface area (Å²) in [6.45, 7) is 7.59. The van der Waals surface area contributed by atoms with Gasteiger partial charge in [0.05, 0.1) is 11.7 Å². The van der Waals surface area contributed by atoms with E-state index in [0.29, 0.717) is 0 Å². The number of nitrogens with zero attached hydrogens (tertiary/aromatic N) is 1. The van der Waals surface area contributed by atoms with Crippen molar-refractivity contribution >= 4 is 12.0 Å². The highest BCUT2D eigenvalue weighted by molar-refractivity contribution is 5.77. The molecule has 0 aliphatic carbocycles. The molecule has 0 saturated carbocycles. The number of hydrogen-bond acceptors (Lipinski definition) is 4. The minimum Gasteiger partial charge on any atom is -0.444 e. The van der Waals surface area contributed by atoms with E-state index >= 15 is 0 Å². The topological polar surface area (TPSA) is 80.3 Å². The molecule has 6 nitrogen and oxygen atoms in total. The van der Waals surface area contributed by atoms with Gasteiger partial charge in [-0.15, -0.1) is 0 Å². The first kappa shape index (κ1) is 17.9. The third-order valence-electron chi connectivity index (χ3n) is 2.81. The van der Waals surface area contributed by atoms with Crippen LogP contribution in [0, 0.1) is 0 Å². The second kappa shape index (κ2) is 8.36. The third-order valence-corrected chi connectivity index (χ3v) is 2.81. The number of hydrogen-bond donors (Lipinski definition) is 2. The number of pyridine rings is 1. The molecule has 0 unspecified atom stereocenters. The lowest BCUT2D eigenvalue weighted by Gasteiger charge is -2.20. The standard InChI is InChI=1S/C16H25N3O3/c1-5-12(13-8-6-7-10-17-13)19-14(20)9-11-18-15(21)22-16(2,3)4/h6-8,10,12H,5,9,11H2,1-4H3,(H,18,21)(H,19,20)/t12-/m0/s1. The Labute approximate surface area is 131 Å². The van der Waals surface area contributed by atoms with E-state index in [0.717, 1.165) is 12.1 Å². The van der Waals surface area contributed by atoms with Crippen molar-refractivity contribution in [2.24, 2.45) is 0 Å². The van der Waals surface area contributed by atoms with Crippen molar-refractivity contribution in [3.63, 3.8) is 0 Å². The maximum atomic E-state index is 11.9. The lowest BCUT2D eigenvalue weighted by atomic mass is 10.1. The van der Waals surface area contributed by atoms with Gasteiger partial charge in [-0.1, -0.05) is 13.0 Å². The Bertz CT molecular complexity index is 483. The molecule has 1 aromatic rings. The van der Waals surface area contributed by atoms with Crippen LogP contribution in [0.4, 0.5) is 4.79 Å². The molecular formula is C16H25N3O3. The van der Waals surface area contributed by atoms with Crippen LogP contribution in [0.1, 0.15) is 52.3 Å². The molecule has 1 heterocycles. The van der Waals surface area contributed by atoms with Crippen molar-refractivity contribution in [2.75, 3.05) is 6.54 Å². The first-order valence-corrected chi connectivity index (χ1v) is 7.49. The van der Waals surface area contributed by atoms with Crippen molar-refractivity contribution in [1.29, 1.82) is 0 Å². The number of carbonyl (C=O) groups is 2. The van der Waals surface area contributed by atoms with Crippen molar-refractivity contribution < 1.29 is 14.3 Å². The molecule has 0 aliphatic rings. The van der Waals surface area contributed by atoms with E-state index in [9.17, 15) is 9.59 Å². The summed E-state index contributed by atoms with van der Waals surface area (Å²) in [5.41, 5.74) is 0.289. The first-order valence-electron chi connectivity index (χ1n) is 7.49. The van der Waals surface area contributed by atoms with E-state index < -0.39 is 11.7 Å². The van der Waals surface area contributed by atoms with E-state index in [1.54, 1.807) is 27.0 Å². The van der Waals surface area contributed by atoms with Crippen LogP contribution in [0.3, 0.4) is 0 Å². The van der Waals surface area contributed by atoms with Gasteiger partial charge in [0.25, 0.3) is 0 Å². The lowest BCUT2D eigenvalue weighted by molar-refractivity contribution is -0.121. The fraction of sp³-hybridized carbons (Fsp3) is 0.562. The summed E-state index contributed by atoms with van der Waals surface area (Å²) in [6.07, 6.45) is 2.14. The minimum atomic E-state index is -0.543. The molecule has 0 spiro atoms.